The molecule has 17 heavy (non-hydrogen) atoms. The molecule has 0 spiro atoms. The van der Waals surface area contributed by atoms with Gasteiger partial charge in [0.15, 0.2) is 0 Å². The van der Waals surface area contributed by atoms with Gasteiger partial charge >= 0.3 is 0 Å². The number of rotatable bonds is 3. The lowest BCUT2D eigenvalue weighted by molar-refractivity contribution is -0.105. The molecule has 0 aromatic carbocycles. The fourth-order valence-corrected chi connectivity index (χ4v) is 3.03. The van der Waals surface area contributed by atoms with Crippen molar-refractivity contribution >= 4 is 0 Å². The Balaban J connectivity index is 1.99. The molecule has 0 radical (unpaired) electrons. The Hall–Kier alpha value is -0.120. The Labute approximate surface area is 105 Å². The smallest absolute Gasteiger partial charge is 0.0730 e. The summed E-state index contributed by atoms with van der Waals surface area (Å²) in [5.74, 6) is 0. The number of morpholine rings is 1. The number of hydrogen-bond acceptors (Lipinski definition) is 3. The molecule has 3 unspecified atom stereocenters. The summed E-state index contributed by atoms with van der Waals surface area (Å²) in [6.45, 7) is 9.08. The molecular formula is C14H27NO2. The van der Waals surface area contributed by atoms with E-state index in [1.165, 1.54) is 25.7 Å². The minimum atomic E-state index is -0.257. The fourth-order valence-electron chi connectivity index (χ4n) is 3.03. The highest BCUT2D eigenvalue weighted by atomic mass is 16.5. The average molecular weight is 241 g/mol. The van der Waals surface area contributed by atoms with Gasteiger partial charge < -0.3 is 9.84 Å². The van der Waals surface area contributed by atoms with E-state index in [9.17, 15) is 5.11 Å². The molecule has 1 N–H and O–H groups in total. The van der Waals surface area contributed by atoms with Gasteiger partial charge in [0.25, 0.3) is 0 Å². The molecule has 3 heteroatoms. The first-order valence-corrected chi connectivity index (χ1v) is 7.04. The Morgan fingerprint density at radius 1 is 1.35 bits per heavy atom. The van der Waals surface area contributed by atoms with E-state index < -0.39 is 0 Å². The topological polar surface area (TPSA) is 32.7 Å². The summed E-state index contributed by atoms with van der Waals surface area (Å²) >= 11 is 0. The van der Waals surface area contributed by atoms with E-state index in [0.717, 1.165) is 19.7 Å². The van der Waals surface area contributed by atoms with Crippen molar-refractivity contribution < 1.29 is 9.84 Å². The number of hydrogen-bond donors (Lipinski definition) is 1. The molecule has 100 valence electrons. The molecule has 0 aromatic rings. The van der Waals surface area contributed by atoms with E-state index in [0.29, 0.717) is 12.1 Å². The largest absolute Gasteiger partial charge is 0.393 e. The van der Waals surface area contributed by atoms with Crippen molar-refractivity contribution in [3.05, 3.63) is 0 Å². The van der Waals surface area contributed by atoms with Gasteiger partial charge in [0, 0.05) is 24.5 Å². The highest BCUT2D eigenvalue weighted by Crippen LogP contribution is 2.31. The lowest BCUT2D eigenvalue weighted by Gasteiger charge is -2.47. The maximum absolute atomic E-state index is 9.85. The number of ether oxygens (including phenoxy) is 1. The highest BCUT2D eigenvalue weighted by molar-refractivity contribution is 4.90. The molecule has 1 heterocycles. The van der Waals surface area contributed by atoms with E-state index in [-0.39, 0.29) is 11.5 Å². The van der Waals surface area contributed by atoms with Gasteiger partial charge in [-0.2, -0.15) is 0 Å². The Kier molecular flexibility index (Phi) is 4.11. The zero-order valence-corrected chi connectivity index (χ0v) is 11.5. The molecule has 3 atom stereocenters. The molecule has 2 rings (SSSR count). The molecule has 2 aliphatic rings. The predicted octanol–water partition coefficient (Wildman–Crippen LogP) is 2.04. The van der Waals surface area contributed by atoms with Gasteiger partial charge in [-0.25, -0.2) is 0 Å². The number of nitrogens with zero attached hydrogens (tertiary/aromatic N) is 1. The Morgan fingerprint density at radius 2 is 2.06 bits per heavy atom. The molecule has 3 nitrogen and oxygen atoms in total. The first-order valence-electron chi connectivity index (χ1n) is 7.04. The van der Waals surface area contributed by atoms with Crippen LogP contribution in [-0.2, 0) is 4.74 Å². The Bertz CT molecular complexity index is 251. The third-order valence-corrected chi connectivity index (χ3v) is 4.59. The van der Waals surface area contributed by atoms with Crippen LogP contribution in [0.5, 0.6) is 0 Å². The van der Waals surface area contributed by atoms with Crippen molar-refractivity contribution in [2.75, 3.05) is 19.7 Å². The van der Waals surface area contributed by atoms with E-state index in [4.69, 9.17) is 4.74 Å². The molecule has 1 saturated heterocycles. The Morgan fingerprint density at radius 3 is 2.76 bits per heavy atom. The molecule has 1 saturated carbocycles. The monoisotopic (exact) mass is 241 g/mol. The van der Waals surface area contributed by atoms with Crippen LogP contribution < -0.4 is 0 Å². The van der Waals surface area contributed by atoms with Crippen LogP contribution in [0.15, 0.2) is 0 Å². The van der Waals surface area contributed by atoms with Gasteiger partial charge in [-0.1, -0.05) is 26.7 Å². The van der Waals surface area contributed by atoms with Gasteiger partial charge in [0.1, 0.15) is 0 Å². The van der Waals surface area contributed by atoms with Crippen molar-refractivity contribution in [3.63, 3.8) is 0 Å². The summed E-state index contributed by atoms with van der Waals surface area (Å²) in [6, 6.07) is 0.593. The lowest BCUT2D eigenvalue weighted by atomic mass is 9.84. The van der Waals surface area contributed by atoms with Gasteiger partial charge in [-0.15, -0.1) is 0 Å². The third-order valence-electron chi connectivity index (χ3n) is 4.59. The quantitative estimate of drug-likeness (QED) is 0.820. The van der Waals surface area contributed by atoms with Gasteiger partial charge in [-0.3, -0.25) is 4.90 Å². The van der Waals surface area contributed by atoms with Gasteiger partial charge in [0.2, 0.25) is 0 Å². The maximum Gasteiger partial charge on any atom is 0.0730 e. The molecule has 0 bridgehead atoms. The number of aliphatic hydroxyl groups is 1. The summed E-state index contributed by atoms with van der Waals surface area (Å²) in [4.78, 5) is 2.56. The van der Waals surface area contributed by atoms with Crippen molar-refractivity contribution in [1.29, 1.82) is 0 Å². The van der Waals surface area contributed by atoms with E-state index in [1.807, 2.05) is 6.92 Å². The lowest BCUT2D eigenvalue weighted by Crippen LogP contribution is -2.56. The summed E-state index contributed by atoms with van der Waals surface area (Å²) in [5, 5.41) is 9.85. The van der Waals surface area contributed by atoms with Crippen molar-refractivity contribution in [1.82, 2.24) is 4.90 Å². The summed E-state index contributed by atoms with van der Waals surface area (Å²) in [5.41, 5.74) is -0.0284. The van der Waals surface area contributed by atoms with Crippen LogP contribution in [-0.4, -0.2) is 48.0 Å². The fraction of sp³-hybridized carbons (Fsp3) is 1.00. The number of aliphatic hydroxyl groups excluding tert-OH is 1. The average Bonchev–Trinajstić information content (AvgIpc) is 2.29. The normalized spacial score (nSPS) is 33.2. The van der Waals surface area contributed by atoms with Crippen LogP contribution in [0.2, 0.25) is 0 Å². The van der Waals surface area contributed by atoms with Gasteiger partial charge in [0.05, 0.1) is 18.8 Å². The first kappa shape index (κ1) is 13.3. The van der Waals surface area contributed by atoms with Crippen molar-refractivity contribution in [3.8, 4) is 0 Å². The molecule has 0 amide bonds. The summed E-state index contributed by atoms with van der Waals surface area (Å²) in [6.07, 6.45) is 5.32. The van der Waals surface area contributed by atoms with Crippen LogP contribution in [0, 0.1) is 5.41 Å². The number of fused-ring (bicyclic) bond motifs is 1. The minimum Gasteiger partial charge on any atom is -0.393 e. The van der Waals surface area contributed by atoms with Crippen molar-refractivity contribution in [2.45, 2.75) is 64.7 Å². The zero-order valence-electron chi connectivity index (χ0n) is 11.5. The second-order valence-electron chi connectivity index (χ2n) is 6.40. The molecule has 1 aliphatic heterocycles. The second kappa shape index (κ2) is 5.25. The SMILES string of the molecule is CC(O)C(C)(C)CN1CCOC2CCCCC21. The molecule has 1 aliphatic carbocycles. The summed E-state index contributed by atoms with van der Waals surface area (Å²) < 4.78 is 5.88. The first-order chi connectivity index (χ1) is 8.00. The van der Waals surface area contributed by atoms with Crippen LogP contribution >= 0.6 is 0 Å². The van der Waals surface area contributed by atoms with E-state index in [2.05, 4.69) is 18.7 Å². The third kappa shape index (κ3) is 3.01. The standard InChI is InChI=1S/C14H27NO2/c1-11(16)14(2,3)10-15-8-9-17-13-7-5-4-6-12(13)15/h11-13,16H,4-10H2,1-3H3. The highest BCUT2D eigenvalue weighted by Gasteiger charge is 2.37. The van der Waals surface area contributed by atoms with Crippen molar-refractivity contribution in [2.24, 2.45) is 5.41 Å². The van der Waals surface area contributed by atoms with E-state index >= 15 is 0 Å². The molecule has 0 aromatic heterocycles. The van der Waals surface area contributed by atoms with Crippen LogP contribution in [0.3, 0.4) is 0 Å². The van der Waals surface area contributed by atoms with E-state index in [1.54, 1.807) is 0 Å². The second-order valence-corrected chi connectivity index (χ2v) is 6.40. The van der Waals surface area contributed by atoms with Crippen LogP contribution in [0.4, 0.5) is 0 Å². The zero-order chi connectivity index (χ0) is 12.5. The van der Waals surface area contributed by atoms with Gasteiger partial charge in [-0.05, 0) is 19.8 Å². The van der Waals surface area contributed by atoms with Crippen LogP contribution in [0.1, 0.15) is 46.5 Å². The minimum absolute atomic E-state index is 0.0284. The molecular weight excluding hydrogens is 214 g/mol. The molecule has 2 fully saturated rings. The predicted molar refractivity (Wildman–Crippen MR) is 69.0 cm³/mol. The maximum atomic E-state index is 9.85. The summed E-state index contributed by atoms with van der Waals surface area (Å²) in [7, 11) is 0. The van der Waals surface area contributed by atoms with Crippen LogP contribution in [0.25, 0.3) is 0 Å².